The van der Waals surface area contributed by atoms with Gasteiger partial charge in [0.25, 0.3) is 5.91 Å². The first-order valence-electron chi connectivity index (χ1n) is 8.85. The average molecular weight is 376 g/mol. The average Bonchev–Trinajstić information content (AvgIpc) is 2.65. The van der Waals surface area contributed by atoms with Crippen LogP contribution < -0.4 is 10.5 Å². The third-order valence-electron chi connectivity index (χ3n) is 4.52. The maximum absolute atomic E-state index is 13.0. The zero-order valence-corrected chi connectivity index (χ0v) is 16.9. The van der Waals surface area contributed by atoms with E-state index in [1.54, 1.807) is 14.0 Å². The molecule has 26 heavy (non-hydrogen) atoms. The molecule has 0 aliphatic carbocycles. The number of hydrogen-bond acceptors (Lipinski definition) is 5. The summed E-state index contributed by atoms with van der Waals surface area (Å²) >= 11 is 1.32. The molecule has 2 N–H and O–H groups in total. The largest absolute Gasteiger partial charge is 0.496 e. The predicted molar refractivity (Wildman–Crippen MR) is 110 cm³/mol. The number of para-hydroxylation sites is 1. The Labute approximate surface area is 160 Å². The Morgan fingerprint density at radius 2 is 1.85 bits per heavy atom. The smallest absolute Gasteiger partial charge is 0.262 e. The van der Waals surface area contributed by atoms with E-state index < -0.39 is 0 Å². The van der Waals surface area contributed by atoms with Gasteiger partial charge in [-0.15, -0.1) is 0 Å². The van der Waals surface area contributed by atoms with Crippen molar-refractivity contribution in [3.63, 3.8) is 0 Å². The predicted octanol–water partition coefficient (Wildman–Crippen LogP) is 3.14. The Morgan fingerprint density at radius 1 is 1.23 bits per heavy atom. The molecule has 0 unspecified atom stereocenters. The number of allylic oxidation sites excluding steroid dienone is 1. The van der Waals surface area contributed by atoms with Gasteiger partial charge in [0, 0.05) is 48.4 Å². The second-order valence-electron chi connectivity index (χ2n) is 6.66. The third-order valence-corrected chi connectivity index (χ3v) is 5.68. The number of carbonyl (C=O) groups is 1. The molecule has 0 aromatic heterocycles. The number of rotatable bonds is 6. The summed E-state index contributed by atoms with van der Waals surface area (Å²) in [4.78, 5) is 18.6. The van der Waals surface area contributed by atoms with Gasteiger partial charge in [-0.1, -0.05) is 36.5 Å². The second kappa shape index (κ2) is 9.14. The molecule has 0 radical (unpaired) electrons. The molecular weight excluding hydrogens is 346 g/mol. The van der Waals surface area contributed by atoms with Crippen molar-refractivity contribution in [3.05, 3.63) is 47.0 Å². The van der Waals surface area contributed by atoms with Crippen LogP contribution in [-0.2, 0) is 4.79 Å². The highest BCUT2D eigenvalue weighted by atomic mass is 32.2. The number of carbonyl (C=O) groups excluding carboxylic acids is 1. The van der Waals surface area contributed by atoms with Gasteiger partial charge in [-0.25, -0.2) is 0 Å². The topological polar surface area (TPSA) is 58.8 Å². The van der Waals surface area contributed by atoms with Crippen molar-refractivity contribution in [2.45, 2.75) is 26.8 Å². The zero-order chi connectivity index (χ0) is 19.3. The van der Waals surface area contributed by atoms with Crippen LogP contribution in [0.25, 0.3) is 4.91 Å². The second-order valence-corrected chi connectivity index (χ2v) is 7.76. The van der Waals surface area contributed by atoms with E-state index in [1.165, 1.54) is 11.8 Å². The van der Waals surface area contributed by atoms with Crippen LogP contribution in [0.15, 0.2) is 41.4 Å². The van der Waals surface area contributed by atoms with Gasteiger partial charge >= 0.3 is 0 Å². The molecule has 1 aromatic rings. The Hall–Kier alpha value is -1.92. The summed E-state index contributed by atoms with van der Waals surface area (Å²) in [6, 6.07) is 8.15. The molecule has 0 atom stereocenters. The maximum Gasteiger partial charge on any atom is 0.262 e. The minimum Gasteiger partial charge on any atom is -0.496 e. The molecule has 1 aliphatic heterocycles. The van der Waals surface area contributed by atoms with Gasteiger partial charge in [0.1, 0.15) is 5.75 Å². The number of nitrogens with zero attached hydrogens (tertiary/aromatic N) is 2. The van der Waals surface area contributed by atoms with Gasteiger partial charge in [-0.2, -0.15) is 0 Å². The molecule has 2 rings (SSSR count). The van der Waals surface area contributed by atoms with Crippen LogP contribution in [0.4, 0.5) is 0 Å². The number of ether oxygens (including phenoxy) is 1. The van der Waals surface area contributed by atoms with Gasteiger partial charge in [0.05, 0.1) is 12.0 Å². The highest BCUT2D eigenvalue weighted by molar-refractivity contribution is 8.12. The molecule has 1 amide bonds. The molecule has 1 saturated heterocycles. The van der Waals surface area contributed by atoms with Crippen molar-refractivity contribution in [1.29, 1.82) is 0 Å². The van der Waals surface area contributed by atoms with Crippen LogP contribution in [0.3, 0.4) is 0 Å². The van der Waals surface area contributed by atoms with Crippen molar-refractivity contribution in [2.75, 3.05) is 33.3 Å². The van der Waals surface area contributed by atoms with Crippen LogP contribution in [-0.4, -0.2) is 55.0 Å². The third kappa shape index (κ3) is 4.83. The first-order chi connectivity index (χ1) is 12.3. The number of amides is 1. The van der Waals surface area contributed by atoms with E-state index in [1.807, 2.05) is 29.2 Å². The highest BCUT2D eigenvalue weighted by Gasteiger charge is 2.26. The number of methoxy groups -OCH3 is 1. The molecule has 0 bridgehead atoms. The Bertz CT molecular complexity index is 688. The fourth-order valence-corrected chi connectivity index (χ4v) is 3.83. The number of hydrogen-bond donors (Lipinski definition) is 1. The minimum absolute atomic E-state index is 0.0190. The van der Waals surface area contributed by atoms with Gasteiger partial charge in [0.15, 0.2) is 0 Å². The lowest BCUT2D eigenvalue weighted by Gasteiger charge is -2.37. The van der Waals surface area contributed by atoms with Gasteiger partial charge in [-0.3, -0.25) is 9.69 Å². The molecule has 142 valence electrons. The van der Waals surface area contributed by atoms with E-state index in [-0.39, 0.29) is 5.91 Å². The molecule has 1 fully saturated rings. The van der Waals surface area contributed by atoms with Gasteiger partial charge in [0.2, 0.25) is 0 Å². The fraction of sp³-hybridized carbons (Fsp3) is 0.450. The van der Waals surface area contributed by atoms with Gasteiger partial charge < -0.3 is 15.4 Å². The lowest BCUT2D eigenvalue weighted by molar-refractivity contribution is -0.128. The number of piperazine rings is 1. The summed E-state index contributed by atoms with van der Waals surface area (Å²) in [6.45, 7) is 13.5. The van der Waals surface area contributed by atoms with Crippen molar-refractivity contribution in [2.24, 2.45) is 5.73 Å². The molecular formula is C20H29N3O2S. The number of benzene rings is 1. The first-order valence-corrected chi connectivity index (χ1v) is 9.66. The van der Waals surface area contributed by atoms with E-state index in [2.05, 4.69) is 25.3 Å². The fourth-order valence-electron chi connectivity index (χ4n) is 2.93. The van der Waals surface area contributed by atoms with Gasteiger partial charge in [-0.05, 0) is 26.8 Å². The highest BCUT2D eigenvalue weighted by Crippen LogP contribution is 2.38. The normalized spacial score (nSPS) is 16.4. The molecule has 1 heterocycles. The van der Waals surface area contributed by atoms with E-state index in [0.29, 0.717) is 16.6 Å². The Morgan fingerprint density at radius 3 is 2.38 bits per heavy atom. The van der Waals surface area contributed by atoms with Crippen molar-refractivity contribution in [3.8, 4) is 5.75 Å². The van der Waals surface area contributed by atoms with Crippen LogP contribution >= 0.6 is 11.8 Å². The molecule has 5 nitrogen and oxygen atoms in total. The van der Waals surface area contributed by atoms with Crippen molar-refractivity contribution in [1.82, 2.24) is 9.80 Å². The first kappa shape index (κ1) is 20.4. The quantitative estimate of drug-likeness (QED) is 0.774. The summed E-state index contributed by atoms with van der Waals surface area (Å²) in [5, 5.41) is 0. The van der Waals surface area contributed by atoms with Crippen LogP contribution in [0.1, 0.15) is 26.3 Å². The standard InChI is InChI=1S/C20H29N3O2S/c1-14(2)22-10-12-23(13-11-22)20(24)19(15(3)21)26-16(4)17-8-6-7-9-18(17)25-5/h6-9,14H,4,10-13,21H2,1-3,5H3/b19-15-. The molecule has 6 heteroatoms. The summed E-state index contributed by atoms with van der Waals surface area (Å²) in [6.07, 6.45) is 0. The number of nitrogens with two attached hydrogens (primary N) is 1. The lowest BCUT2D eigenvalue weighted by atomic mass is 10.2. The monoisotopic (exact) mass is 375 g/mol. The van der Waals surface area contributed by atoms with Crippen LogP contribution in [0.5, 0.6) is 5.75 Å². The molecule has 1 aliphatic rings. The Balaban J connectivity index is 2.11. The maximum atomic E-state index is 13.0. The number of thioether (sulfide) groups is 1. The molecule has 1 aromatic carbocycles. The lowest BCUT2D eigenvalue weighted by Crippen LogP contribution is -2.51. The SMILES string of the molecule is C=C(S/C(C(=O)N1CCN(C(C)C)CC1)=C(/C)N)c1ccccc1OC. The summed E-state index contributed by atoms with van der Waals surface area (Å²) < 4.78 is 5.40. The summed E-state index contributed by atoms with van der Waals surface area (Å²) in [7, 11) is 1.63. The van der Waals surface area contributed by atoms with E-state index in [9.17, 15) is 4.79 Å². The van der Waals surface area contributed by atoms with Crippen LogP contribution in [0, 0.1) is 0 Å². The van der Waals surface area contributed by atoms with E-state index in [4.69, 9.17) is 10.5 Å². The zero-order valence-electron chi connectivity index (χ0n) is 16.1. The minimum atomic E-state index is -0.0190. The summed E-state index contributed by atoms with van der Waals surface area (Å²) in [5.74, 6) is 0.714. The van der Waals surface area contributed by atoms with E-state index in [0.717, 1.165) is 42.4 Å². The van der Waals surface area contributed by atoms with Crippen molar-refractivity contribution < 1.29 is 9.53 Å². The molecule has 0 spiro atoms. The van der Waals surface area contributed by atoms with Crippen molar-refractivity contribution >= 4 is 22.6 Å². The van der Waals surface area contributed by atoms with Crippen LogP contribution in [0.2, 0.25) is 0 Å². The molecule has 0 saturated carbocycles. The summed E-state index contributed by atoms with van der Waals surface area (Å²) in [5.41, 5.74) is 7.43. The Kier molecular flexibility index (Phi) is 7.17. The van der Waals surface area contributed by atoms with E-state index >= 15 is 0 Å².